The van der Waals surface area contributed by atoms with Crippen LogP contribution in [0.4, 0.5) is 17.5 Å². The molecular formula is C10H17N5O. The topological polar surface area (TPSA) is 67.5 Å². The molecule has 88 valence electrons. The highest BCUT2D eigenvalue weighted by Gasteiger charge is 2.15. The van der Waals surface area contributed by atoms with Crippen LogP contribution in [0.15, 0.2) is 6.20 Å². The van der Waals surface area contributed by atoms with E-state index in [1.165, 1.54) is 0 Å². The monoisotopic (exact) mass is 223 g/mol. The van der Waals surface area contributed by atoms with E-state index in [-0.39, 0.29) is 0 Å². The van der Waals surface area contributed by atoms with E-state index in [0.29, 0.717) is 5.69 Å². The van der Waals surface area contributed by atoms with Crippen LogP contribution in [0.2, 0.25) is 0 Å². The van der Waals surface area contributed by atoms with Gasteiger partial charge < -0.3 is 20.3 Å². The lowest BCUT2D eigenvalue weighted by atomic mass is 10.4. The molecule has 1 aromatic rings. The average Bonchev–Trinajstić information content (AvgIpc) is 2.30. The Morgan fingerprint density at radius 3 is 2.69 bits per heavy atom. The summed E-state index contributed by atoms with van der Waals surface area (Å²) in [6.45, 7) is 3.11. The van der Waals surface area contributed by atoms with Crippen LogP contribution < -0.4 is 15.5 Å². The van der Waals surface area contributed by atoms with E-state index in [0.717, 1.165) is 38.1 Å². The zero-order chi connectivity index (χ0) is 11.5. The Hall–Kier alpha value is -1.56. The minimum Gasteiger partial charge on any atom is -0.394 e. The molecule has 0 unspecified atom stereocenters. The maximum Gasteiger partial charge on any atom is 0.227 e. The van der Waals surface area contributed by atoms with Crippen molar-refractivity contribution in [1.29, 1.82) is 0 Å². The minimum atomic E-state index is 0.599. The van der Waals surface area contributed by atoms with Crippen molar-refractivity contribution >= 4 is 17.5 Å². The lowest BCUT2D eigenvalue weighted by Gasteiger charge is -2.27. The molecule has 2 heterocycles. The summed E-state index contributed by atoms with van der Waals surface area (Å²) < 4.78 is 5.29. The molecule has 0 amide bonds. The summed E-state index contributed by atoms with van der Waals surface area (Å²) in [5.74, 6) is 1.48. The predicted octanol–water partition coefficient (Wildman–Crippen LogP) is -0.0386. The zero-order valence-corrected chi connectivity index (χ0v) is 9.68. The van der Waals surface area contributed by atoms with Crippen molar-refractivity contribution in [1.82, 2.24) is 9.97 Å². The van der Waals surface area contributed by atoms with Gasteiger partial charge >= 0.3 is 0 Å². The largest absolute Gasteiger partial charge is 0.394 e. The van der Waals surface area contributed by atoms with Crippen LogP contribution in [0, 0.1) is 0 Å². The number of hydrogen-bond donors (Lipinski definition) is 1. The van der Waals surface area contributed by atoms with Crippen molar-refractivity contribution in [2.24, 2.45) is 0 Å². The molecule has 1 aliphatic rings. The van der Waals surface area contributed by atoms with Gasteiger partial charge in [0.15, 0.2) is 5.82 Å². The van der Waals surface area contributed by atoms with Gasteiger partial charge in [-0.15, -0.1) is 0 Å². The second kappa shape index (κ2) is 4.52. The number of nitrogens with two attached hydrogens (primary N) is 1. The van der Waals surface area contributed by atoms with Gasteiger partial charge in [-0.05, 0) is 0 Å². The van der Waals surface area contributed by atoms with E-state index >= 15 is 0 Å². The molecule has 6 nitrogen and oxygen atoms in total. The molecule has 1 aliphatic heterocycles. The Bertz CT molecular complexity index is 362. The van der Waals surface area contributed by atoms with E-state index in [2.05, 4.69) is 14.9 Å². The number of hydrogen-bond acceptors (Lipinski definition) is 6. The number of aromatic nitrogens is 2. The first-order valence-corrected chi connectivity index (χ1v) is 5.31. The van der Waals surface area contributed by atoms with Gasteiger partial charge in [-0.3, -0.25) is 0 Å². The van der Waals surface area contributed by atoms with Gasteiger partial charge in [-0.25, -0.2) is 4.98 Å². The third-order valence-electron chi connectivity index (χ3n) is 2.50. The number of nitrogens with zero attached hydrogens (tertiary/aromatic N) is 4. The summed E-state index contributed by atoms with van der Waals surface area (Å²) in [6.07, 6.45) is 1.66. The van der Waals surface area contributed by atoms with Crippen molar-refractivity contribution in [3.8, 4) is 0 Å². The molecule has 0 aliphatic carbocycles. The fourth-order valence-corrected chi connectivity index (χ4v) is 1.65. The fraction of sp³-hybridized carbons (Fsp3) is 0.600. The summed E-state index contributed by atoms with van der Waals surface area (Å²) in [7, 11) is 3.84. The fourth-order valence-electron chi connectivity index (χ4n) is 1.65. The number of ether oxygens (including phenoxy) is 1. The molecule has 0 spiro atoms. The number of morpholine rings is 1. The molecule has 0 bridgehead atoms. The van der Waals surface area contributed by atoms with Crippen LogP contribution in [-0.2, 0) is 4.74 Å². The first kappa shape index (κ1) is 10.9. The lowest BCUT2D eigenvalue weighted by molar-refractivity contribution is 0.122. The second-order valence-corrected chi connectivity index (χ2v) is 3.94. The van der Waals surface area contributed by atoms with Crippen LogP contribution in [0.1, 0.15) is 0 Å². The molecule has 16 heavy (non-hydrogen) atoms. The van der Waals surface area contributed by atoms with Crippen LogP contribution in [0.25, 0.3) is 0 Å². The van der Waals surface area contributed by atoms with Crippen molar-refractivity contribution < 1.29 is 4.74 Å². The highest BCUT2D eigenvalue weighted by molar-refractivity contribution is 5.62. The molecule has 1 fully saturated rings. The zero-order valence-electron chi connectivity index (χ0n) is 9.68. The van der Waals surface area contributed by atoms with Gasteiger partial charge in [-0.1, -0.05) is 0 Å². The molecular weight excluding hydrogens is 206 g/mol. The highest BCUT2D eigenvalue weighted by Crippen LogP contribution is 2.20. The lowest BCUT2D eigenvalue weighted by Crippen LogP contribution is -2.37. The average molecular weight is 223 g/mol. The van der Waals surface area contributed by atoms with E-state index in [1.807, 2.05) is 19.0 Å². The molecule has 2 rings (SSSR count). The summed E-state index contributed by atoms with van der Waals surface area (Å²) in [5, 5.41) is 0. The second-order valence-electron chi connectivity index (χ2n) is 3.94. The summed E-state index contributed by atoms with van der Waals surface area (Å²) in [5.41, 5.74) is 6.41. The molecule has 0 aromatic carbocycles. The van der Waals surface area contributed by atoms with Gasteiger partial charge in [0.25, 0.3) is 0 Å². The van der Waals surface area contributed by atoms with Crippen molar-refractivity contribution in [3.63, 3.8) is 0 Å². The Labute approximate surface area is 95.0 Å². The number of rotatable bonds is 2. The standard InChI is InChI=1S/C10H17N5O/c1-14(2)9-8(11)7-12-10(13-9)15-3-5-16-6-4-15/h7H,3-6,11H2,1-2H3. The highest BCUT2D eigenvalue weighted by atomic mass is 16.5. The third-order valence-corrected chi connectivity index (χ3v) is 2.50. The number of nitrogen functional groups attached to an aromatic ring is 1. The van der Waals surface area contributed by atoms with E-state index in [9.17, 15) is 0 Å². The van der Waals surface area contributed by atoms with E-state index in [4.69, 9.17) is 10.5 Å². The molecule has 6 heteroatoms. The Kier molecular flexibility index (Phi) is 3.09. The maximum absolute atomic E-state index is 5.81. The summed E-state index contributed by atoms with van der Waals surface area (Å²) >= 11 is 0. The smallest absolute Gasteiger partial charge is 0.227 e. The SMILES string of the molecule is CN(C)c1nc(N2CCOCC2)ncc1N. The maximum atomic E-state index is 5.81. The summed E-state index contributed by atoms with van der Waals surface area (Å²) in [6, 6.07) is 0. The molecule has 1 saturated heterocycles. The Morgan fingerprint density at radius 2 is 2.06 bits per heavy atom. The number of anilines is 3. The molecule has 0 saturated carbocycles. The molecule has 0 radical (unpaired) electrons. The van der Waals surface area contributed by atoms with Crippen molar-refractivity contribution in [2.75, 3.05) is 55.9 Å². The van der Waals surface area contributed by atoms with Gasteiger partial charge in [0.2, 0.25) is 5.95 Å². The van der Waals surface area contributed by atoms with Crippen molar-refractivity contribution in [3.05, 3.63) is 6.20 Å². The van der Waals surface area contributed by atoms with Crippen LogP contribution >= 0.6 is 0 Å². The molecule has 1 aromatic heterocycles. The third kappa shape index (κ3) is 2.16. The van der Waals surface area contributed by atoms with E-state index in [1.54, 1.807) is 6.20 Å². The summed E-state index contributed by atoms with van der Waals surface area (Å²) in [4.78, 5) is 12.7. The quantitative estimate of drug-likeness (QED) is 0.759. The minimum absolute atomic E-state index is 0.599. The van der Waals surface area contributed by atoms with Crippen LogP contribution in [0.3, 0.4) is 0 Å². The first-order valence-electron chi connectivity index (χ1n) is 5.31. The Morgan fingerprint density at radius 1 is 1.38 bits per heavy atom. The normalized spacial score (nSPS) is 16.2. The van der Waals surface area contributed by atoms with E-state index < -0.39 is 0 Å². The van der Waals surface area contributed by atoms with Gasteiger partial charge in [0.1, 0.15) is 0 Å². The van der Waals surface area contributed by atoms with Gasteiger partial charge in [0.05, 0.1) is 25.1 Å². The predicted molar refractivity (Wildman–Crippen MR) is 63.8 cm³/mol. The Balaban J connectivity index is 2.24. The van der Waals surface area contributed by atoms with Crippen molar-refractivity contribution in [2.45, 2.75) is 0 Å². The molecule has 0 atom stereocenters. The van der Waals surface area contributed by atoms with Gasteiger partial charge in [-0.2, -0.15) is 4.98 Å². The van der Waals surface area contributed by atoms with Crippen LogP contribution in [0.5, 0.6) is 0 Å². The van der Waals surface area contributed by atoms with Gasteiger partial charge in [0, 0.05) is 27.2 Å². The first-order chi connectivity index (χ1) is 7.68. The van der Waals surface area contributed by atoms with Crippen LogP contribution in [-0.4, -0.2) is 50.4 Å². The molecule has 2 N–H and O–H groups in total.